The van der Waals surface area contributed by atoms with Crippen LogP contribution in [0.3, 0.4) is 0 Å². The quantitative estimate of drug-likeness (QED) is 0.554. The lowest BCUT2D eigenvalue weighted by molar-refractivity contribution is -0.126. The molecular formula is C25H28N4O3. The first-order chi connectivity index (χ1) is 15.5. The molecule has 2 amide bonds. The van der Waals surface area contributed by atoms with Crippen LogP contribution in [0.5, 0.6) is 5.75 Å². The first kappa shape index (κ1) is 21.6. The van der Waals surface area contributed by atoms with Gasteiger partial charge in [-0.05, 0) is 61.7 Å². The molecule has 0 bridgehead atoms. The zero-order chi connectivity index (χ0) is 22.5. The molecule has 1 aliphatic rings. The minimum Gasteiger partial charge on any atom is -0.497 e. The van der Waals surface area contributed by atoms with Gasteiger partial charge in [0.15, 0.2) is 0 Å². The van der Waals surface area contributed by atoms with Crippen molar-refractivity contribution in [2.75, 3.05) is 25.1 Å². The van der Waals surface area contributed by atoms with E-state index in [9.17, 15) is 9.59 Å². The van der Waals surface area contributed by atoms with E-state index in [0.717, 1.165) is 35.7 Å². The summed E-state index contributed by atoms with van der Waals surface area (Å²) in [7, 11) is 1.60. The van der Waals surface area contributed by atoms with Gasteiger partial charge in [-0.15, -0.1) is 0 Å². The number of para-hydroxylation sites is 1. The van der Waals surface area contributed by atoms with Crippen molar-refractivity contribution in [3.8, 4) is 11.4 Å². The number of ether oxygens (including phenoxy) is 1. The molecule has 4 rings (SSSR count). The molecule has 7 heteroatoms. The summed E-state index contributed by atoms with van der Waals surface area (Å²) in [6.45, 7) is 2.98. The molecule has 2 heterocycles. The summed E-state index contributed by atoms with van der Waals surface area (Å²) in [6.07, 6.45) is 3.94. The number of carbonyl (C=O) groups is 2. The third-order valence-corrected chi connectivity index (χ3v) is 5.82. The summed E-state index contributed by atoms with van der Waals surface area (Å²) < 4.78 is 7.05. The van der Waals surface area contributed by atoms with Crippen LogP contribution < -0.4 is 15.0 Å². The lowest BCUT2D eigenvalue weighted by atomic mass is 10.1. The Labute approximate surface area is 188 Å². The maximum absolute atomic E-state index is 12.6. The van der Waals surface area contributed by atoms with Gasteiger partial charge in [-0.3, -0.25) is 9.59 Å². The molecule has 1 aliphatic heterocycles. The van der Waals surface area contributed by atoms with Gasteiger partial charge >= 0.3 is 0 Å². The van der Waals surface area contributed by atoms with E-state index < -0.39 is 0 Å². The number of nitrogens with one attached hydrogen (secondary N) is 1. The number of aryl methyl sites for hydroxylation is 2. The predicted octanol–water partition coefficient (Wildman–Crippen LogP) is 3.29. The van der Waals surface area contributed by atoms with Crippen LogP contribution in [-0.2, 0) is 16.0 Å². The highest BCUT2D eigenvalue weighted by molar-refractivity contribution is 6.00. The number of carbonyl (C=O) groups excluding carboxylic acids is 2. The molecular weight excluding hydrogens is 404 g/mol. The normalized spacial score (nSPS) is 15.8. The van der Waals surface area contributed by atoms with Crippen LogP contribution in [0.2, 0.25) is 0 Å². The number of hydrogen-bond acceptors (Lipinski definition) is 4. The summed E-state index contributed by atoms with van der Waals surface area (Å²) in [6, 6.07) is 17.3. The molecule has 1 fully saturated rings. The van der Waals surface area contributed by atoms with E-state index in [4.69, 9.17) is 4.74 Å². The summed E-state index contributed by atoms with van der Waals surface area (Å²) in [5, 5.41) is 7.59. The number of hydrogen-bond donors (Lipinski definition) is 1. The SMILES string of the molecule is COc1ccc(N2CC(C(=O)NCCCc3cn(-c4ccccc4)nc3C)CC2=O)cc1. The smallest absolute Gasteiger partial charge is 0.227 e. The zero-order valence-electron chi connectivity index (χ0n) is 18.5. The van der Waals surface area contributed by atoms with E-state index in [1.165, 1.54) is 5.56 Å². The Bertz CT molecular complexity index is 1080. The van der Waals surface area contributed by atoms with Crippen molar-refractivity contribution >= 4 is 17.5 Å². The Morgan fingerprint density at radius 3 is 2.59 bits per heavy atom. The van der Waals surface area contributed by atoms with E-state index in [0.29, 0.717) is 13.1 Å². The topological polar surface area (TPSA) is 76.5 Å². The summed E-state index contributed by atoms with van der Waals surface area (Å²) in [5.74, 6) is 0.316. The summed E-state index contributed by atoms with van der Waals surface area (Å²) in [5.41, 5.74) is 3.99. The van der Waals surface area contributed by atoms with Crippen LogP contribution in [0, 0.1) is 12.8 Å². The van der Waals surface area contributed by atoms with E-state index in [1.807, 2.05) is 66.2 Å². The largest absolute Gasteiger partial charge is 0.497 e. The van der Waals surface area contributed by atoms with Gasteiger partial charge in [0.2, 0.25) is 11.8 Å². The average molecular weight is 433 g/mol. The monoisotopic (exact) mass is 432 g/mol. The lowest BCUT2D eigenvalue weighted by Crippen LogP contribution is -2.33. The average Bonchev–Trinajstić information content (AvgIpc) is 3.40. The molecule has 32 heavy (non-hydrogen) atoms. The van der Waals surface area contributed by atoms with Gasteiger partial charge in [0.1, 0.15) is 5.75 Å². The van der Waals surface area contributed by atoms with Crippen molar-refractivity contribution in [1.82, 2.24) is 15.1 Å². The van der Waals surface area contributed by atoms with Crippen molar-refractivity contribution in [3.63, 3.8) is 0 Å². The maximum atomic E-state index is 12.6. The standard InChI is InChI=1S/C25H28N4O3/c1-18-19(17-29(27-18)22-8-4-3-5-9-22)7-6-14-26-25(31)20-15-24(30)28(16-20)21-10-12-23(32-2)13-11-21/h3-5,8-13,17,20H,6-7,14-16H2,1-2H3,(H,26,31). The number of amides is 2. The highest BCUT2D eigenvalue weighted by Gasteiger charge is 2.34. The molecule has 0 spiro atoms. The molecule has 0 radical (unpaired) electrons. The predicted molar refractivity (Wildman–Crippen MR) is 123 cm³/mol. The molecule has 166 valence electrons. The van der Waals surface area contributed by atoms with E-state index >= 15 is 0 Å². The van der Waals surface area contributed by atoms with Crippen molar-refractivity contribution < 1.29 is 14.3 Å². The van der Waals surface area contributed by atoms with Crippen LogP contribution in [0.15, 0.2) is 60.8 Å². The first-order valence-corrected chi connectivity index (χ1v) is 10.9. The fraction of sp³-hybridized carbons (Fsp3) is 0.320. The molecule has 0 saturated carbocycles. The van der Waals surface area contributed by atoms with Crippen LogP contribution in [-0.4, -0.2) is 41.8 Å². The van der Waals surface area contributed by atoms with Gasteiger partial charge in [-0.25, -0.2) is 4.68 Å². The van der Waals surface area contributed by atoms with Crippen molar-refractivity contribution in [1.29, 1.82) is 0 Å². The first-order valence-electron chi connectivity index (χ1n) is 10.9. The van der Waals surface area contributed by atoms with Gasteiger partial charge in [-0.1, -0.05) is 18.2 Å². The van der Waals surface area contributed by atoms with E-state index in [1.54, 1.807) is 12.0 Å². The van der Waals surface area contributed by atoms with Gasteiger partial charge in [0.25, 0.3) is 0 Å². The van der Waals surface area contributed by atoms with Crippen LogP contribution in [0.4, 0.5) is 5.69 Å². The molecule has 2 aromatic carbocycles. The third kappa shape index (κ3) is 4.82. The van der Waals surface area contributed by atoms with E-state index in [-0.39, 0.29) is 24.2 Å². The Morgan fingerprint density at radius 2 is 1.88 bits per heavy atom. The fourth-order valence-electron chi connectivity index (χ4n) is 3.98. The molecule has 7 nitrogen and oxygen atoms in total. The Morgan fingerprint density at radius 1 is 1.12 bits per heavy atom. The zero-order valence-corrected chi connectivity index (χ0v) is 18.5. The second-order valence-corrected chi connectivity index (χ2v) is 8.02. The van der Waals surface area contributed by atoms with E-state index in [2.05, 4.69) is 16.6 Å². The molecule has 0 aliphatic carbocycles. The number of nitrogens with zero attached hydrogens (tertiary/aromatic N) is 3. The number of aromatic nitrogens is 2. The van der Waals surface area contributed by atoms with Crippen LogP contribution in [0.25, 0.3) is 5.69 Å². The summed E-state index contributed by atoms with van der Waals surface area (Å²) in [4.78, 5) is 26.7. The van der Waals surface area contributed by atoms with Crippen LogP contribution >= 0.6 is 0 Å². The molecule has 1 N–H and O–H groups in total. The van der Waals surface area contributed by atoms with Crippen molar-refractivity contribution in [2.45, 2.75) is 26.2 Å². The number of methoxy groups -OCH3 is 1. The lowest BCUT2D eigenvalue weighted by Gasteiger charge is -2.17. The minimum atomic E-state index is -0.327. The van der Waals surface area contributed by atoms with Gasteiger partial charge in [0, 0.05) is 31.4 Å². The highest BCUT2D eigenvalue weighted by atomic mass is 16.5. The Balaban J connectivity index is 1.26. The second-order valence-electron chi connectivity index (χ2n) is 8.02. The van der Waals surface area contributed by atoms with Crippen molar-refractivity contribution in [2.24, 2.45) is 5.92 Å². The Hall–Kier alpha value is -3.61. The number of rotatable bonds is 8. The maximum Gasteiger partial charge on any atom is 0.227 e. The Kier molecular flexibility index (Phi) is 6.54. The minimum absolute atomic E-state index is 0.0285. The van der Waals surface area contributed by atoms with Crippen molar-refractivity contribution in [3.05, 3.63) is 72.1 Å². The highest BCUT2D eigenvalue weighted by Crippen LogP contribution is 2.27. The van der Waals surface area contributed by atoms with Gasteiger partial charge < -0.3 is 15.0 Å². The molecule has 1 aromatic heterocycles. The molecule has 1 unspecified atom stereocenters. The number of anilines is 1. The molecule has 1 atom stereocenters. The molecule has 1 saturated heterocycles. The number of benzene rings is 2. The molecule has 3 aromatic rings. The second kappa shape index (κ2) is 9.68. The fourth-order valence-corrected chi connectivity index (χ4v) is 3.98. The van der Waals surface area contributed by atoms with Gasteiger partial charge in [0.05, 0.1) is 24.4 Å². The third-order valence-electron chi connectivity index (χ3n) is 5.82. The van der Waals surface area contributed by atoms with Gasteiger partial charge in [-0.2, -0.15) is 5.10 Å². The van der Waals surface area contributed by atoms with Crippen LogP contribution in [0.1, 0.15) is 24.1 Å². The summed E-state index contributed by atoms with van der Waals surface area (Å²) >= 11 is 0.